The molecule has 1 aliphatic rings. The summed E-state index contributed by atoms with van der Waals surface area (Å²) in [6.45, 7) is -0.215. The lowest BCUT2D eigenvalue weighted by Gasteiger charge is -2.36. The van der Waals surface area contributed by atoms with Crippen molar-refractivity contribution in [3.05, 3.63) is 0 Å². The third-order valence-electron chi connectivity index (χ3n) is 2.01. The molecule has 0 aromatic rings. The van der Waals surface area contributed by atoms with Gasteiger partial charge < -0.3 is 25.4 Å². The molecular formula is C7H15NO4. The number of methoxy groups -OCH3 is 1. The first-order chi connectivity index (χ1) is 5.69. The quantitative estimate of drug-likeness (QED) is 0.474. The SMILES string of the molecule is COC1OC(CO)C(O)CC1N. The number of aliphatic hydroxyl groups is 2. The van der Waals surface area contributed by atoms with Gasteiger partial charge in [0.25, 0.3) is 0 Å². The summed E-state index contributed by atoms with van der Waals surface area (Å²) in [5.41, 5.74) is 5.61. The van der Waals surface area contributed by atoms with E-state index in [9.17, 15) is 5.11 Å². The van der Waals surface area contributed by atoms with Crippen LogP contribution in [0.5, 0.6) is 0 Å². The highest BCUT2D eigenvalue weighted by molar-refractivity contribution is 4.82. The van der Waals surface area contributed by atoms with Crippen LogP contribution in [0.25, 0.3) is 0 Å². The lowest BCUT2D eigenvalue weighted by atomic mass is 10.0. The molecule has 72 valence electrons. The Morgan fingerprint density at radius 2 is 2.33 bits per heavy atom. The predicted molar refractivity (Wildman–Crippen MR) is 41.4 cm³/mol. The Morgan fingerprint density at radius 3 is 2.83 bits per heavy atom. The first-order valence-corrected chi connectivity index (χ1v) is 3.91. The average Bonchev–Trinajstić information content (AvgIpc) is 2.05. The zero-order chi connectivity index (χ0) is 9.14. The number of rotatable bonds is 2. The van der Waals surface area contributed by atoms with Gasteiger partial charge in [0.15, 0.2) is 6.29 Å². The molecule has 1 fully saturated rings. The maximum atomic E-state index is 9.33. The molecule has 1 saturated heterocycles. The predicted octanol–water partition coefficient (Wildman–Crippen LogP) is -1.57. The van der Waals surface area contributed by atoms with Crippen molar-refractivity contribution in [3.8, 4) is 0 Å². The van der Waals surface area contributed by atoms with Crippen molar-refractivity contribution < 1.29 is 19.7 Å². The third-order valence-corrected chi connectivity index (χ3v) is 2.01. The Hall–Kier alpha value is -0.200. The summed E-state index contributed by atoms with van der Waals surface area (Å²) >= 11 is 0. The second kappa shape index (κ2) is 4.15. The fraction of sp³-hybridized carbons (Fsp3) is 1.00. The summed E-state index contributed by atoms with van der Waals surface area (Å²) in [6.07, 6.45) is -1.40. The summed E-state index contributed by atoms with van der Waals surface area (Å²) < 4.78 is 10.1. The normalized spacial score (nSPS) is 43.0. The van der Waals surface area contributed by atoms with E-state index in [2.05, 4.69) is 0 Å². The van der Waals surface area contributed by atoms with Gasteiger partial charge in [-0.1, -0.05) is 0 Å². The van der Waals surface area contributed by atoms with Gasteiger partial charge in [0, 0.05) is 7.11 Å². The Labute approximate surface area is 71.1 Å². The Bertz CT molecular complexity index is 129. The molecular weight excluding hydrogens is 162 g/mol. The fourth-order valence-electron chi connectivity index (χ4n) is 1.30. The van der Waals surface area contributed by atoms with Gasteiger partial charge in [-0.25, -0.2) is 0 Å². The van der Waals surface area contributed by atoms with Crippen LogP contribution >= 0.6 is 0 Å². The highest BCUT2D eigenvalue weighted by Crippen LogP contribution is 2.18. The van der Waals surface area contributed by atoms with Gasteiger partial charge in [0.2, 0.25) is 0 Å². The van der Waals surface area contributed by atoms with Gasteiger partial charge in [-0.3, -0.25) is 0 Å². The molecule has 4 N–H and O–H groups in total. The van der Waals surface area contributed by atoms with E-state index in [4.69, 9.17) is 20.3 Å². The van der Waals surface area contributed by atoms with Crippen molar-refractivity contribution >= 4 is 0 Å². The summed E-state index contributed by atoms with van der Waals surface area (Å²) in [7, 11) is 1.48. The van der Waals surface area contributed by atoms with Crippen LogP contribution in [0.2, 0.25) is 0 Å². The van der Waals surface area contributed by atoms with E-state index in [0.29, 0.717) is 6.42 Å². The van der Waals surface area contributed by atoms with Crippen molar-refractivity contribution in [2.24, 2.45) is 5.73 Å². The van der Waals surface area contributed by atoms with E-state index < -0.39 is 18.5 Å². The molecule has 0 radical (unpaired) electrons. The summed E-state index contributed by atoms with van der Waals surface area (Å²) in [5.74, 6) is 0. The minimum absolute atomic E-state index is 0.215. The molecule has 1 rings (SSSR count). The van der Waals surface area contributed by atoms with E-state index in [-0.39, 0.29) is 12.6 Å². The lowest BCUT2D eigenvalue weighted by molar-refractivity contribution is -0.227. The fourth-order valence-corrected chi connectivity index (χ4v) is 1.30. The second-order valence-electron chi connectivity index (χ2n) is 2.93. The van der Waals surface area contributed by atoms with Crippen molar-refractivity contribution in [3.63, 3.8) is 0 Å². The molecule has 0 saturated carbocycles. The molecule has 0 aliphatic carbocycles. The Morgan fingerprint density at radius 1 is 1.67 bits per heavy atom. The number of aliphatic hydroxyl groups excluding tert-OH is 2. The van der Waals surface area contributed by atoms with Gasteiger partial charge >= 0.3 is 0 Å². The van der Waals surface area contributed by atoms with E-state index in [0.717, 1.165) is 0 Å². The van der Waals surface area contributed by atoms with E-state index in [1.165, 1.54) is 7.11 Å². The Kier molecular flexibility index (Phi) is 3.42. The van der Waals surface area contributed by atoms with Crippen molar-refractivity contribution in [2.75, 3.05) is 13.7 Å². The molecule has 12 heavy (non-hydrogen) atoms. The van der Waals surface area contributed by atoms with Crippen LogP contribution < -0.4 is 5.73 Å². The highest BCUT2D eigenvalue weighted by Gasteiger charge is 2.34. The maximum Gasteiger partial charge on any atom is 0.172 e. The number of ether oxygens (including phenoxy) is 2. The third kappa shape index (κ3) is 1.94. The minimum Gasteiger partial charge on any atom is -0.394 e. The molecule has 0 bridgehead atoms. The average molecular weight is 177 g/mol. The van der Waals surface area contributed by atoms with Gasteiger partial charge in [-0.05, 0) is 6.42 Å². The smallest absolute Gasteiger partial charge is 0.172 e. The van der Waals surface area contributed by atoms with Crippen molar-refractivity contribution in [2.45, 2.75) is 31.0 Å². The van der Waals surface area contributed by atoms with Crippen LogP contribution in [0.15, 0.2) is 0 Å². The van der Waals surface area contributed by atoms with Gasteiger partial charge in [-0.2, -0.15) is 0 Å². The van der Waals surface area contributed by atoms with E-state index >= 15 is 0 Å². The molecule has 0 aromatic carbocycles. The molecule has 1 aliphatic heterocycles. The standard InChI is InChI=1S/C7H15NO4/c1-11-7-4(8)2-5(10)6(3-9)12-7/h4-7,9-10H,2-3,8H2,1H3. The second-order valence-corrected chi connectivity index (χ2v) is 2.93. The van der Waals surface area contributed by atoms with Gasteiger partial charge in [0.05, 0.1) is 18.8 Å². The molecule has 0 amide bonds. The minimum atomic E-state index is -0.698. The highest BCUT2D eigenvalue weighted by atomic mass is 16.7. The summed E-state index contributed by atoms with van der Waals surface area (Å²) in [5, 5.41) is 18.1. The van der Waals surface area contributed by atoms with Gasteiger partial charge in [-0.15, -0.1) is 0 Å². The zero-order valence-electron chi connectivity index (χ0n) is 7.01. The maximum absolute atomic E-state index is 9.33. The number of nitrogens with two attached hydrogens (primary N) is 1. The molecule has 5 heteroatoms. The first-order valence-electron chi connectivity index (χ1n) is 3.91. The van der Waals surface area contributed by atoms with Crippen molar-refractivity contribution in [1.82, 2.24) is 0 Å². The van der Waals surface area contributed by atoms with Crippen LogP contribution in [0.3, 0.4) is 0 Å². The molecule has 4 unspecified atom stereocenters. The zero-order valence-corrected chi connectivity index (χ0v) is 7.01. The summed E-state index contributed by atoms with van der Waals surface area (Å²) in [4.78, 5) is 0. The Balaban J connectivity index is 2.50. The molecule has 4 atom stereocenters. The monoisotopic (exact) mass is 177 g/mol. The van der Waals surface area contributed by atoms with Crippen LogP contribution in [-0.4, -0.2) is 48.5 Å². The first kappa shape index (κ1) is 9.88. The van der Waals surface area contributed by atoms with Crippen molar-refractivity contribution in [1.29, 1.82) is 0 Å². The number of hydrogen-bond donors (Lipinski definition) is 3. The molecule has 1 heterocycles. The lowest BCUT2D eigenvalue weighted by Crippen LogP contribution is -2.52. The van der Waals surface area contributed by atoms with Crippen LogP contribution in [-0.2, 0) is 9.47 Å². The van der Waals surface area contributed by atoms with E-state index in [1.54, 1.807) is 0 Å². The topological polar surface area (TPSA) is 84.9 Å². The van der Waals surface area contributed by atoms with E-state index in [1.807, 2.05) is 0 Å². The van der Waals surface area contributed by atoms with Gasteiger partial charge in [0.1, 0.15) is 6.10 Å². The molecule has 0 spiro atoms. The largest absolute Gasteiger partial charge is 0.394 e. The molecule has 5 nitrogen and oxygen atoms in total. The summed E-state index contributed by atoms with van der Waals surface area (Å²) in [6, 6.07) is -0.326. The van der Waals surface area contributed by atoms with Crippen LogP contribution in [0, 0.1) is 0 Å². The number of hydrogen-bond acceptors (Lipinski definition) is 5. The van der Waals surface area contributed by atoms with Crippen LogP contribution in [0.1, 0.15) is 6.42 Å². The molecule has 0 aromatic heterocycles. The van der Waals surface area contributed by atoms with Crippen LogP contribution in [0.4, 0.5) is 0 Å².